The Labute approximate surface area is 326 Å². The lowest BCUT2D eigenvalue weighted by Gasteiger charge is -2.50. The number of cyclic esters (lactones) is 1. The normalized spacial score (nSPS) is 41.2. The van der Waals surface area contributed by atoms with Gasteiger partial charge in [0.15, 0.2) is 18.7 Å². The Morgan fingerprint density at radius 1 is 1.04 bits per heavy atom. The van der Waals surface area contributed by atoms with E-state index in [0.717, 1.165) is 6.29 Å². The summed E-state index contributed by atoms with van der Waals surface area (Å²) in [6.45, 7) is 12.4. The van der Waals surface area contributed by atoms with Crippen LogP contribution in [0.25, 0.3) is 0 Å². The third kappa shape index (κ3) is 13.4. The van der Waals surface area contributed by atoms with E-state index in [2.05, 4.69) is 0 Å². The number of aliphatic hydroxyl groups is 4. The summed E-state index contributed by atoms with van der Waals surface area (Å²) in [6, 6.07) is -0.753. The molecule has 0 aromatic heterocycles. The summed E-state index contributed by atoms with van der Waals surface area (Å²) in [5.74, 6) is -2.03. The van der Waals surface area contributed by atoms with E-state index in [1.807, 2.05) is 26.8 Å². The van der Waals surface area contributed by atoms with E-state index in [0.29, 0.717) is 6.42 Å². The first-order chi connectivity index (χ1) is 25.8. The molecular weight excluding hydrogens is 718 g/mol. The minimum atomic E-state index is -1.49. The maximum absolute atomic E-state index is 12.9. The Bertz CT molecular complexity index is 1270. The Morgan fingerprint density at radius 2 is 1.73 bits per heavy atom. The summed E-state index contributed by atoms with van der Waals surface area (Å²) in [6.07, 6.45) is -3.92. The minimum Gasteiger partial charge on any atom is -0.462 e. The van der Waals surface area contributed by atoms with Crippen LogP contribution >= 0.6 is 0 Å². The van der Waals surface area contributed by atoms with E-state index in [1.54, 1.807) is 64.9 Å². The molecule has 0 amide bonds. The topological polar surface area (TPSA) is 200 Å². The van der Waals surface area contributed by atoms with Crippen LogP contribution in [0.2, 0.25) is 0 Å². The van der Waals surface area contributed by atoms with E-state index >= 15 is 0 Å². The molecule has 15 nitrogen and oxygen atoms in total. The van der Waals surface area contributed by atoms with Crippen molar-refractivity contribution in [1.82, 2.24) is 4.90 Å². The highest BCUT2D eigenvalue weighted by molar-refractivity contribution is 5.70. The first kappa shape index (κ1) is 47.1. The fraction of sp³-hybridized carbons (Fsp3) is 0.825. The number of likely N-dealkylation sites (N-methyl/N-ethyl adjacent to an activating group) is 1. The molecule has 3 rings (SSSR count). The molecule has 15 heteroatoms. The first-order valence-electron chi connectivity index (χ1n) is 19.5. The molecule has 16 atom stereocenters. The van der Waals surface area contributed by atoms with Gasteiger partial charge in [-0.05, 0) is 66.0 Å². The summed E-state index contributed by atoms with van der Waals surface area (Å²) in [5, 5.41) is 45.8. The van der Waals surface area contributed by atoms with Gasteiger partial charge in [0.1, 0.15) is 36.3 Å². The van der Waals surface area contributed by atoms with Gasteiger partial charge in [0.05, 0.1) is 43.0 Å². The molecule has 0 aromatic carbocycles. The van der Waals surface area contributed by atoms with Crippen molar-refractivity contribution in [3.63, 3.8) is 0 Å². The second-order valence-electron chi connectivity index (χ2n) is 16.4. The number of methoxy groups -OCH3 is 1. The van der Waals surface area contributed by atoms with Crippen LogP contribution in [0.5, 0.6) is 0 Å². The highest BCUT2D eigenvalue weighted by Crippen LogP contribution is 2.37. The SMILES string of the molecule is COC1C(O)CC(=O)OC(C)CC=CC=CC(O)C(C)CC(CC=O)C1OC1OC(C)C(OC2C[C@@](C)(O)C(OC(=O)CC(C)C)C(C)O2)C(N(C)C)C1O. The van der Waals surface area contributed by atoms with Crippen LogP contribution in [-0.4, -0.2) is 150 Å². The summed E-state index contributed by atoms with van der Waals surface area (Å²) < 4.78 is 42.4. The van der Waals surface area contributed by atoms with Crippen molar-refractivity contribution in [1.29, 1.82) is 0 Å². The quantitative estimate of drug-likeness (QED) is 0.176. The van der Waals surface area contributed by atoms with E-state index in [-0.39, 0.29) is 37.5 Å². The van der Waals surface area contributed by atoms with E-state index in [1.165, 1.54) is 7.11 Å². The van der Waals surface area contributed by atoms with Crippen molar-refractivity contribution in [2.45, 2.75) is 172 Å². The van der Waals surface area contributed by atoms with Crippen molar-refractivity contribution in [3.8, 4) is 0 Å². The number of aliphatic hydroxyl groups excluding tert-OH is 3. The van der Waals surface area contributed by atoms with Gasteiger partial charge in [-0.2, -0.15) is 0 Å². The van der Waals surface area contributed by atoms with Gasteiger partial charge in [-0.15, -0.1) is 0 Å². The van der Waals surface area contributed by atoms with Gasteiger partial charge in [-0.3, -0.25) is 9.59 Å². The summed E-state index contributed by atoms with van der Waals surface area (Å²) in [7, 11) is 4.86. The Kier molecular flexibility index (Phi) is 18.4. The van der Waals surface area contributed by atoms with E-state index in [4.69, 9.17) is 33.2 Å². The third-order valence-electron chi connectivity index (χ3n) is 10.6. The molecule has 3 heterocycles. The maximum atomic E-state index is 12.9. The van der Waals surface area contributed by atoms with Crippen molar-refractivity contribution < 1.29 is 68.0 Å². The monoisotopic (exact) mass is 785 g/mol. The molecule has 0 saturated carbocycles. The van der Waals surface area contributed by atoms with Gasteiger partial charge in [-0.25, -0.2) is 0 Å². The average molecular weight is 786 g/mol. The molecule has 55 heavy (non-hydrogen) atoms. The number of rotatable bonds is 11. The van der Waals surface area contributed by atoms with Crippen LogP contribution in [-0.2, 0) is 47.5 Å². The average Bonchev–Trinajstić information content (AvgIpc) is 3.06. The molecule has 316 valence electrons. The minimum absolute atomic E-state index is 0.0318. The number of allylic oxidation sites excluding steroid dienone is 2. The Balaban J connectivity index is 1.90. The fourth-order valence-corrected chi connectivity index (χ4v) is 7.78. The molecule has 2 fully saturated rings. The predicted molar refractivity (Wildman–Crippen MR) is 200 cm³/mol. The van der Waals surface area contributed by atoms with Gasteiger partial charge < -0.3 is 63.3 Å². The van der Waals surface area contributed by atoms with E-state index < -0.39 is 110 Å². The molecule has 3 aliphatic heterocycles. The zero-order valence-electron chi connectivity index (χ0n) is 34.2. The van der Waals surface area contributed by atoms with Crippen molar-refractivity contribution >= 4 is 18.2 Å². The smallest absolute Gasteiger partial charge is 0.308 e. The molecule has 2 saturated heterocycles. The second kappa shape index (κ2) is 21.4. The molecular formula is C40H67NO14. The van der Waals surface area contributed by atoms with Gasteiger partial charge in [-0.1, -0.05) is 45.1 Å². The van der Waals surface area contributed by atoms with Crippen LogP contribution in [0.15, 0.2) is 24.3 Å². The van der Waals surface area contributed by atoms with Crippen molar-refractivity contribution in [2.24, 2.45) is 17.8 Å². The standard InChI is InChI=1S/C40H67NO14/c1-22(2)18-30(45)53-38-26(6)51-32(21-40(38,7)48)54-35-25(5)52-39(34(47)33(35)41(8)9)55-36-27(16-17-42)19-23(3)28(43)15-13-11-12-14-24(4)50-31(46)20-29(44)37(36)49-10/h11-13,15,17,22-29,32-39,43-44,47-48H,14,16,18-21H2,1-10H3/t23?,24?,25?,26?,27?,28?,29?,32?,33?,34?,35?,36?,37?,38?,39?,40-/m1/s1. The number of ether oxygens (including phenoxy) is 7. The van der Waals surface area contributed by atoms with Crippen LogP contribution in [0, 0.1) is 17.8 Å². The molecule has 0 bridgehead atoms. The third-order valence-corrected chi connectivity index (χ3v) is 10.6. The summed E-state index contributed by atoms with van der Waals surface area (Å²) >= 11 is 0. The van der Waals surface area contributed by atoms with Gasteiger partial charge in [0, 0.05) is 32.8 Å². The molecule has 4 N–H and O–H groups in total. The van der Waals surface area contributed by atoms with Gasteiger partial charge in [0.25, 0.3) is 0 Å². The molecule has 0 radical (unpaired) electrons. The molecule has 0 spiro atoms. The number of aldehydes is 1. The number of carbonyl (C=O) groups is 3. The summed E-state index contributed by atoms with van der Waals surface area (Å²) in [4.78, 5) is 39.3. The predicted octanol–water partition coefficient (Wildman–Crippen LogP) is 2.44. The second-order valence-corrected chi connectivity index (χ2v) is 16.4. The fourth-order valence-electron chi connectivity index (χ4n) is 7.78. The van der Waals surface area contributed by atoms with Crippen LogP contribution in [0.4, 0.5) is 0 Å². The Morgan fingerprint density at radius 3 is 2.33 bits per heavy atom. The van der Waals surface area contributed by atoms with Gasteiger partial charge in [0.2, 0.25) is 0 Å². The Hall–Kier alpha value is -2.31. The largest absolute Gasteiger partial charge is 0.462 e. The lowest BCUT2D eigenvalue weighted by molar-refractivity contribution is -0.344. The maximum Gasteiger partial charge on any atom is 0.308 e. The number of hydrogen-bond donors (Lipinski definition) is 4. The number of hydrogen-bond acceptors (Lipinski definition) is 15. The number of esters is 2. The molecule has 0 aliphatic carbocycles. The number of carbonyl (C=O) groups excluding carboxylic acids is 3. The lowest BCUT2D eigenvalue weighted by Crippen LogP contribution is -2.66. The summed E-state index contributed by atoms with van der Waals surface area (Å²) in [5.41, 5.74) is -1.49. The first-order valence-corrected chi connectivity index (χ1v) is 19.5. The zero-order chi connectivity index (χ0) is 41.2. The van der Waals surface area contributed by atoms with Crippen LogP contribution < -0.4 is 0 Å². The molecule has 15 unspecified atom stereocenters. The zero-order valence-corrected chi connectivity index (χ0v) is 34.2. The number of nitrogens with zero attached hydrogens (tertiary/aromatic N) is 1. The molecule has 3 aliphatic rings. The highest BCUT2D eigenvalue weighted by Gasteiger charge is 2.52. The van der Waals surface area contributed by atoms with Crippen molar-refractivity contribution in [2.75, 3.05) is 21.2 Å². The molecule has 0 aromatic rings. The van der Waals surface area contributed by atoms with E-state index in [9.17, 15) is 34.8 Å². The highest BCUT2D eigenvalue weighted by atomic mass is 16.7. The lowest BCUT2D eigenvalue weighted by atomic mass is 9.82. The van der Waals surface area contributed by atoms with Crippen LogP contribution in [0.1, 0.15) is 87.0 Å². The van der Waals surface area contributed by atoms with Crippen molar-refractivity contribution in [3.05, 3.63) is 24.3 Å². The van der Waals surface area contributed by atoms with Crippen LogP contribution in [0.3, 0.4) is 0 Å². The van der Waals surface area contributed by atoms with Gasteiger partial charge >= 0.3 is 11.9 Å².